The summed E-state index contributed by atoms with van der Waals surface area (Å²) in [6, 6.07) is 11.6. The molecule has 0 aliphatic carbocycles. The van der Waals surface area contributed by atoms with Gasteiger partial charge >= 0.3 is 0 Å². The van der Waals surface area contributed by atoms with Gasteiger partial charge in [0.15, 0.2) is 5.82 Å². The zero-order valence-electron chi connectivity index (χ0n) is 14.3. The van der Waals surface area contributed by atoms with Gasteiger partial charge in [-0.05, 0) is 61.7 Å². The maximum absolute atomic E-state index is 6.20. The normalized spacial score (nSPS) is 10.6. The molecule has 3 rings (SSSR count). The molecule has 1 heterocycles. The lowest BCUT2D eigenvalue weighted by Crippen LogP contribution is -2.03. The number of hydrogen-bond acceptors (Lipinski definition) is 5. The standard InChI is InChI=1S/C19H19ClN4O/c1-11-5-4-6-14(7-11)24-18-17(21)19(23-10-22-18)25-15-8-12(2)16(20)13(3)9-15/h4-10H,21H2,1-3H3,(H,22,23,24). The molecule has 25 heavy (non-hydrogen) atoms. The second-order valence-corrected chi connectivity index (χ2v) is 6.29. The summed E-state index contributed by atoms with van der Waals surface area (Å²) in [5.41, 5.74) is 10.4. The summed E-state index contributed by atoms with van der Waals surface area (Å²) in [6.45, 7) is 5.88. The first kappa shape index (κ1) is 17.0. The van der Waals surface area contributed by atoms with E-state index in [1.807, 2.05) is 57.2 Å². The van der Waals surface area contributed by atoms with Crippen LogP contribution in [0, 0.1) is 20.8 Å². The van der Waals surface area contributed by atoms with Gasteiger partial charge in [-0.15, -0.1) is 0 Å². The average Bonchev–Trinajstić information content (AvgIpc) is 2.56. The second-order valence-electron chi connectivity index (χ2n) is 5.91. The molecule has 0 amide bonds. The molecule has 0 spiro atoms. The fourth-order valence-corrected chi connectivity index (χ4v) is 2.61. The Morgan fingerprint density at radius 3 is 2.44 bits per heavy atom. The van der Waals surface area contributed by atoms with Crippen molar-refractivity contribution >= 4 is 28.8 Å². The van der Waals surface area contributed by atoms with Crippen LogP contribution < -0.4 is 15.8 Å². The Bertz CT molecular complexity index is 904. The van der Waals surface area contributed by atoms with Crippen molar-refractivity contribution < 1.29 is 4.74 Å². The number of nitrogens with zero attached hydrogens (tertiary/aromatic N) is 2. The Labute approximate surface area is 151 Å². The highest BCUT2D eigenvalue weighted by atomic mass is 35.5. The van der Waals surface area contributed by atoms with Crippen LogP contribution in [0.4, 0.5) is 17.2 Å². The number of aromatic nitrogens is 2. The molecule has 0 atom stereocenters. The molecule has 0 unspecified atom stereocenters. The first-order chi connectivity index (χ1) is 11.9. The number of hydrogen-bond donors (Lipinski definition) is 2. The predicted octanol–water partition coefficient (Wildman–Crippen LogP) is 5.17. The van der Waals surface area contributed by atoms with Gasteiger partial charge in [0.1, 0.15) is 17.8 Å². The third kappa shape index (κ3) is 3.83. The molecule has 0 radical (unpaired) electrons. The van der Waals surface area contributed by atoms with E-state index in [9.17, 15) is 0 Å². The second kappa shape index (κ2) is 6.99. The molecule has 0 aliphatic heterocycles. The van der Waals surface area contributed by atoms with Crippen LogP contribution in [0.1, 0.15) is 16.7 Å². The number of anilines is 3. The van der Waals surface area contributed by atoms with Crippen LogP contribution in [0.15, 0.2) is 42.7 Å². The van der Waals surface area contributed by atoms with Crippen molar-refractivity contribution in [1.29, 1.82) is 0 Å². The van der Waals surface area contributed by atoms with Gasteiger partial charge in [-0.3, -0.25) is 0 Å². The van der Waals surface area contributed by atoms with Crippen LogP contribution in [-0.4, -0.2) is 9.97 Å². The van der Waals surface area contributed by atoms with Gasteiger partial charge in [-0.1, -0.05) is 23.7 Å². The van der Waals surface area contributed by atoms with Crippen LogP contribution in [0.5, 0.6) is 11.6 Å². The SMILES string of the molecule is Cc1cccc(Nc2ncnc(Oc3cc(C)c(Cl)c(C)c3)c2N)c1. The summed E-state index contributed by atoms with van der Waals surface area (Å²) >= 11 is 6.20. The van der Waals surface area contributed by atoms with Crippen molar-refractivity contribution in [3.05, 3.63) is 64.4 Å². The molecule has 0 aliphatic rings. The molecule has 128 valence electrons. The molecule has 0 saturated heterocycles. The van der Waals surface area contributed by atoms with Crippen LogP contribution >= 0.6 is 11.6 Å². The summed E-state index contributed by atoms with van der Waals surface area (Å²) in [7, 11) is 0. The predicted molar refractivity (Wildman–Crippen MR) is 102 cm³/mol. The molecule has 2 aromatic carbocycles. The first-order valence-corrected chi connectivity index (χ1v) is 8.20. The number of benzene rings is 2. The fraction of sp³-hybridized carbons (Fsp3) is 0.158. The number of nitrogen functional groups attached to an aromatic ring is 1. The van der Waals surface area contributed by atoms with E-state index in [1.165, 1.54) is 6.33 Å². The zero-order chi connectivity index (χ0) is 18.0. The number of halogens is 1. The molecule has 1 aromatic heterocycles. The molecular formula is C19H19ClN4O. The Kier molecular flexibility index (Phi) is 4.76. The largest absolute Gasteiger partial charge is 0.437 e. The highest BCUT2D eigenvalue weighted by Gasteiger charge is 2.12. The Morgan fingerprint density at radius 1 is 1.04 bits per heavy atom. The van der Waals surface area contributed by atoms with Crippen molar-refractivity contribution in [2.75, 3.05) is 11.1 Å². The molecule has 5 nitrogen and oxygen atoms in total. The van der Waals surface area contributed by atoms with Crippen LogP contribution in [-0.2, 0) is 0 Å². The lowest BCUT2D eigenvalue weighted by atomic mass is 10.1. The van der Waals surface area contributed by atoms with Gasteiger partial charge in [0.05, 0.1) is 0 Å². The van der Waals surface area contributed by atoms with Gasteiger partial charge < -0.3 is 15.8 Å². The van der Waals surface area contributed by atoms with E-state index in [2.05, 4.69) is 15.3 Å². The molecule has 3 N–H and O–H groups in total. The van der Waals surface area contributed by atoms with E-state index in [-0.39, 0.29) is 0 Å². The van der Waals surface area contributed by atoms with Crippen molar-refractivity contribution in [3.63, 3.8) is 0 Å². The third-order valence-corrected chi connectivity index (χ3v) is 4.35. The van der Waals surface area contributed by atoms with E-state index in [4.69, 9.17) is 22.1 Å². The Morgan fingerprint density at radius 2 is 1.76 bits per heavy atom. The lowest BCUT2D eigenvalue weighted by molar-refractivity contribution is 0.464. The summed E-state index contributed by atoms with van der Waals surface area (Å²) in [5, 5.41) is 3.92. The molecule has 6 heteroatoms. The first-order valence-electron chi connectivity index (χ1n) is 7.83. The third-order valence-electron chi connectivity index (χ3n) is 3.75. The quantitative estimate of drug-likeness (QED) is 0.675. The minimum Gasteiger partial charge on any atom is -0.437 e. The van der Waals surface area contributed by atoms with Crippen LogP contribution in [0.25, 0.3) is 0 Å². The van der Waals surface area contributed by atoms with Gasteiger partial charge in [-0.2, -0.15) is 4.98 Å². The summed E-state index contributed by atoms with van der Waals surface area (Å²) < 4.78 is 5.85. The Balaban J connectivity index is 1.88. The van der Waals surface area contributed by atoms with Crippen molar-refractivity contribution in [2.24, 2.45) is 0 Å². The zero-order valence-corrected chi connectivity index (χ0v) is 15.1. The van der Waals surface area contributed by atoms with Gasteiger partial charge in [0, 0.05) is 10.7 Å². The molecule has 3 aromatic rings. The monoisotopic (exact) mass is 354 g/mol. The minimum absolute atomic E-state index is 0.297. The van der Waals surface area contributed by atoms with Crippen molar-refractivity contribution in [1.82, 2.24) is 9.97 Å². The van der Waals surface area contributed by atoms with Crippen molar-refractivity contribution in [2.45, 2.75) is 20.8 Å². The molecule has 0 saturated carbocycles. The van der Waals surface area contributed by atoms with Gasteiger partial charge in [0.25, 0.3) is 0 Å². The van der Waals surface area contributed by atoms with E-state index in [0.29, 0.717) is 23.1 Å². The van der Waals surface area contributed by atoms with E-state index < -0.39 is 0 Å². The van der Waals surface area contributed by atoms with Crippen molar-refractivity contribution in [3.8, 4) is 11.6 Å². The Hall–Kier alpha value is -2.79. The lowest BCUT2D eigenvalue weighted by Gasteiger charge is -2.13. The number of nitrogens with two attached hydrogens (primary N) is 1. The van der Waals surface area contributed by atoms with E-state index in [0.717, 1.165) is 27.4 Å². The maximum atomic E-state index is 6.20. The highest BCUT2D eigenvalue weighted by molar-refractivity contribution is 6.32. The summed E-state index contributed by atoms with van der Waals surface area (Å²) in [4.78, 5) is 8.35. The smallest absolute Gasteiger partial charge is 0.248 e. The number of ether oxygens (including phenoxy) is 1. The molecule has 0 fully saturated rings. The highest BCUT2D eigenvalue weighted by Crippen LogP contribution is 2.33. The topological polar surface area (TPSA) is 73.1 Å². The summed E-state index contributed by atoms with van der Waals surface area (Å²) in [6.07, 6.45) is 1.42. The fourth-order valence-electron chi connectivity index (χ4n) is 2.50. The number of rotatable bonds is 4. The van der Waals surface area contributed by atoms with E-state index >= 15 is 0 Å². The summed E-state index contributed by atoms with van der Waals surface area (Å²) in [5.74, 6) is 1.43. The maximum Gasteiger partial charge on any atom is 0.248 e. The number of nitrogens with one attached hydrogen (secondary N) is 1. The minimum atomic E-state index is 0.297. The number of aryl methyl sites for hydroxylation is 3. The average molecular weight is 355 g/mol. The van der Waals surface area contributed by atoms with Crippen LogP contribution in [0.2, 0.25) is 5.02 Å². The van der Waals surface area contributed by atoms with Gasteiger partial charge in [0.2, 0.25) is 5.88 Å². The van der Waals surface area contributed by atoms with Crippen LogP contribution in [0.3, 0.4) is 0 Å². The molecular weight excluding hydrogens is 336 g/mol. The molecule has 0 bridgehead atoms. The van der Waals surface area contributed by atoms with E-state index in [1.54, 1.807) is 0 Å². The van der Waals surface area contributed by atoms with Gasteiger partial charge in [-0.25, -0.2) is 4.98 Å².